The van der Waals surface area contributed by atoms with Crippen LogP contribution in [0.2, 0.25) is 0 Å². The van der Waals surface area contributed by atoms with Gasteiger partial charge in [0.15, 0.2) is 17.5 Å². The van der Waals surface area contributed by atoms with E-state index in [1.165, 1.54) is 51.5 Å². The minimum Gasteiger partial charge on any atom is -0.456 e. The highest BCUT2D eigenvalue weighted by atomic mass is 32.1. The van der Waals surface area contributed by atoms with E-state index < -0.39 is 0 Å². The molecule has 11 aromatic rings. The molecule has 238 valence electrons. The lowest BCUT2D eigenvalue weighted by Gasteiger charge is -2.09. The standard InChI is InChI=1S/C45H25N3OS2/c1-2-11-26(12-3-1)43-46-44(48-45(47-43)34-18-9-20-36-40(34)32-14-4-6-19-35(32)49-36)27-23-24-33-39(25-27)50-38-22-10-15-29(41(33)38)31-17-8-16-30-28-13-5-7-21-37(28)51-42(30)31/h1-25H. The van der Waals surface area contributed by atoms with Gasteiger partial charge in [-0.1, -0.05) is 121 Å². The average Bonchev–Trinajstić information content (AvgIpc) is 3.89. The predicted octanol–water partition coefficient (Wildman–Crippen LogP) is 13.2. The molecule has 0 radical (unpaired) electrons. The van der Waals surface area contributed by atoms with Crippen molar-refractivity contribution in [2.45, 2.75) is 0 Å². The van der Waals surface area contributed by atoms with Gasteiger partial charge in [-0.05, 0) is 35.9 Å². The first kappa shape index (κ1) is 28.6. The Morgan fingerprint density at radius 1 is 0.373 bits per heavy atom. The Bertz CT molecular complexity index is 3160. The number of aromatic nitrogens is 3. The monoisotopic (exact) mass is 687 g/mol. The largest absolute Gasteiger partial charge is 0.456 e. The van der Waals surface area contributed by atoms with E-state index in [2.05, 4.69) is 91.0 Å². The number of fused-ring (bicyclic) bond motifs is 9. The van der Waals surface area contributed by atoms with Gasteiger partial charge in [0.1, 0.15) is 11.2 Å². The molecule has 0 aliphatic carbocycles. The van der Waals surface area contributed by atoms with E-state index in [4.69, 9.17) is 19.4 Å². The fourth-order valence-corrected chi connectivity index (χ4v) is 9.85. The summed E-state index contributed by atoms with van der Waals surface area (Å²) in [6, 6.07) is 53.1. The second kappa shape index (κ2) is 11.2. The maximum Gasteiger partial charge on any atom is 0.164 e. The van der Waals surface area contributed by atoms with Gasteiger partial charge in [0.2, 0.25) is 0 Å². The van der Waals surface area contributed by atoms with Crippen molar-refractivity contribution in [2.24, 2.45) is 0 Å². The van der Waals surface area contributed by atoms with Crippen LogP contribution in [-0.4, -0.2) is 15.0 Å². The van der Waals surface area contributed by atoms with Crippen LogP contribution in [0.15, 0.2) is 156 Å². The molecule has 0 aliphatic rings. The van der Waals surface area contributed by atoms with Crippen molar-refractivity contribution < 1.29 is 4.42 Å². The summed E-state index contributed by atoms with van der Waals surface area (Å²) in [5, 5.41) is 7.19. The number of nitrogens with zero attached hydrogens (tertiary/aromatic N) is 3. The van der Waals surface area contributed by atoms with Gasteiger partial charge in [0.05, 0.1) is 0 Å². The average molecular weight is 688 g/mol. The quantitative estimate of drug-likeness (QED) is 0.185. The van der Waals surface area contributed by atoms with Gasteiger partial charge >= 0.3 is 0 Å². The van der Waals surface area contributed by atoms with Gasteiger partial charge in [-0.2, -0.15) is 0 Å². The van der Waals surface area contributed by atoms with Gasteiger partial charge in [0.25, 0.3) is 0 Å². The third-order valence-electron chi connectivity index (χ3n) is 9.76. The van der Waals surface area contributed by atoms with E-state index in [1.807, 2.05) is 83.3 Å². The number of thiophene rings is 2. The van der Waals surface area contributed by atoms with Gasteiger partial charge in [0, 0.05) is 73.4 Å². The zero-order valence-corrected chi connectivity index (χ0v) is 28.6. The highest BCUT2D eigenvalue weighted by molar-refractivity contribution is 7.26. The Balaban J connectivity index is 1.11. The fourth-order valence-electron chi connectivity index (χ4n) is 7.45. The summed E-state index contributed by atoms with van der Waals surface area (Å²) < 4.78 is 11.3. The number of hydrogen-bond acceptors (Lipinski definition) is 6. The molecular weight excluding hydrogens is 663 g/mol. The molecule has 0 atom stereocenters. The van der Waals surface area contributed by atoms with E-state index in [-0.39, 0.29) is 0 Å². The Morgan fingerprint density at radius 2 is 1.04 bits per heavy atom. The molecule has 0 amide bonds. The van der Waals surface area contributed by atoms with Crippen LogP contribution in [-0.2, 0) is 0 Å². The predicted molar refractivity (Wildman–Crippen MR) is 215 cm³/mol. The minimum absolute atomic E-state index is 0.617. The molecule has 0 saturated carbocycles. The summed E-state index contributed by atoms with van der Waals surface area (Å²) in [4.78, 5) is 15.3. The lowest BCUT2D eigenvalue weighted by molar-refractivity contribution is 0.669. The molecule has 0 spiro atoms. The van der Waals surface area contributed by atoms with Crippen LogP contribution in [0.5, 0.6) is 0 Å². The number of benzene rings is 7. The Kier molecular flexibility index (Phi) is 6.26. The Hall–Kier alpha value is -6.21. The summed E-state index contributed by atoms with van der Waals surface area (Å²) in [5.41, 5.74) is 7.00. The summed E-state index contributed by atoms with van der Waals surface area (Å²) >= 11 is 3.69. The smallest absolute Gasteiger partial charge is 0.164 e. The molecule has 4 heterocycles. The lowest BCUT2D eigenvalue weighted by atomic mass is 9.97. The molecule has 0 aliphatic heterocycles. The molecule has 0 N–H and O–H groups in total. The third-order valence-corrected chi connectivity index (χ3v) is 12.1. The van der Waals surface area contributed by atoms with Crippen molar-refractivity contribution in [3.63, 3.8) is 0 Å². The van der Waals surface area contributed by atoms with Gasteiger partial charge < -0.3 is 4.42 Å². The second-order valence-electron chi connectivity index (χ2n) is 12.7. The van der Waals surface area contributed by atoms with Crippen molar-refractivity contribution in [1.82, 2.24) is 15.0 Å². The van der Waals surface area contributed by atoms with Crippen molar-refractivity contribution >= 4 is 85.0 Å². The first-order chi connectivity index (χ1) is 25.3. The van der Waals surface area contributed by atoms with Crippen LogP contribution >= 0.6 is 22.7 Å². The Labute approximate surface area is 299 Å². The molecule has 51 heavy (non-hydrogen) atoms. The summed E-state index contributed by atoms with van der Waals surface area (Å²) in [6.07, 6.45) is 0. The van der Waals surface area contributed by atoms with Crippen LogP contribution < -0.4 is 0 Å². The van der Waals surface area contributed by atoms with Crippen LogP contribution in [0.25, 0.3) is 108 Å². The first-order valence-corrected chi connectivity index (χ1v) is 18.5. The van der Waals surface area contributed by atoms with E-state index in [9.17, 15) is 0 Å². The van der Waals surface area contributed by atoms with Gasteiger partial charge in [-0.15, -0.1) is 22.7 Å². The van der Waals surface area contributed by atoms with Crippen molar-refractivity contribution in [1.29, 1.82) is 0 Å². The summed E-state index contributed by atoms with van der Waals surface area (Å²) in [6.45, 7) is 0. The first-order valence-electron chi connectivity index (χ1n) is 16.9. The van der Waals surface area contributed by atoms with Crippen LogP contribution in [0, 0.1) is 0 Å². The normalized spacial score (nSPS) is 11.9. The van der Waals surface area contributed by atoms with E-state index in [1.54, 1.807) is 0 Å². The molecule has 4 nitrogen and oxygen atoms in total. The second-order valence-corrected chi connectivity index (χ2v) is 14.9. The molecule has 6 heteroatoms. The molecule has 0 fully saturated rings. The zero-order chi connectivity index (χ0) is 33.5. The highest BCUT2D eigenvalue weighted by Crippen LogP contribution is 2.46. The van der Waals surface area contributed by atoms with Crippen molar-refractivity contribution in [2.75, 3.05) is 0 Å². The lowest BCUT2D eigenvalue weighted by Crippen LogP contribution is -2.00. The van der Waals surface area contributed by atoms with Crippen molar-refractivity contribution in [3.8, 4) is 45.3 Å². The SMILES string of the molecule is c1ccc(-c2nc(-c3ccc4c(c3)sc3cccc(-c5cccc6c5sc5ccccc56)c34)nc(-c3cccc4oc5ccccc5c34)n2)cc1. The third kappa shape index (κ3) is 4.47. The summed E-state index contributed by atoms with van der Waals surface area (Å²) in [5.74, 6) is 1.89. The maximum atomic E-state index is 6.23. The highest BCUT2D eigenvalue weighted by Gasteiger charge is 2.19. The summed E-state index contributed by atoms with van der Waals surface area (Å²) in [7, 11) is 0. The molecule has 4 aromatic heterocycles. The Morgan fingerprint density at radius 3 is 1.96 bits per heavy atom. The molecule has 7 aromatic carbocycles. The minimum atomic E-state index is 0.617. The number of rotatable bonds is 4. The molecule has 0 saturated heterocycles. The molecule has 11 rings (SSSR count). The molecule has 0 unspecified atom stereocenters. The maximum absolute atomic E-state index is 6.23. The van der Waals surface area contributed by atoms with Crippen LogP contribution in [0.4, 0.5) is 0 Å². The zero-order valence-electron chi connectivity index (χ0n) is 27.0. The van der Waals surface area contributed by atoms with E-state index >= 15 is 0 Å². The van der Waals surface area contributed by atoms with Gasteiger partial charge in [-0.25, -0.2) is 15.0 Å². The number of furan rings is 1. The van der Waals surface area contributed by atoms with E-state index in [0.29, 0.717) is 17.5 Å². The number of hydrogen-bond donors (Lipinski definition) is 0. The number of para-hydroxylation sites is 1. The topological polar surface area (TPSA) is 51.8 Å². The fraction of sp³-hybridized carbons (Fsp3) is 0. The molecular formula is C45H25N3OS2. The van der Waals surface area contributed by atoms with Crippen LogP contribution in [0.1, 0.15) is 0 Å². The van der Waals surface area contributed by atoms with E-state index in [0.717, 1.165) is 38.6 Å². The van der Waals surface area contributed by atoms with Gasteiger partial charge in [-0.3, -0.25) is 0 Å². The van der Waals surface area contributed by atoms with Crippen molar-refractivity contribution in [3.05, 3.63) is 152 Å². The molecule has 0 bridgehead atoms. The van der Waals surface area contributed by atoms with Crippen LogP contribution in [0.3, 0.4) is 0 Å².